The minimum absolute atomic E-state index is 0.242. The topological polar surface area (TPSA) is 64.7 Å². The predicted octanol–water partition coefficient (Wildman–Crippen LogP) is 5.33. The summed E-state index contributed by atoms with van der Waals surface area (Å²) in [6.07, 6.45) is 5.16. The maximum atomic E-state index is 12.8. The van der Waals surface area contributed by atoms with E-state index in [1.165, 1.54) is 0 Å². The minimum Gasteiger partial charge on any atom is -0.306 e. The third kappa shape index (κ3) is 4.56. The molecule has 0 bridgehead atoms. The third-order valence-corrected chi connectivity index (χ3v) is 5.55. The lowest BCUT2D eigenvalue weighted by atomic mass is 10.1. The summed E-state index contributed by atoms with van der Waals surface area (Å²) in [7, 11) is 0. The van der Waals surface area contributed by atoms with Gasteiger partial charge in [0, 0.05) is 22.4 Å². The van der Waals surface area contributed by atoms with Crippen LogP contribution in [-0.2, 0) is 16.9 Å². The Labute approximate surface area is 183 Å². The second kappa shape index (κ2) is 7.95. The monoisotopic (exact) mass is 533 g/mol. The normalized spacial score (nSPS) is 11.6. The van der Waals surface area contributed by atoms with E-state index in [1.807, 2.05) is 6.07 Å². The van der Waals surface area contributed by atoms with Gasteiger partial charge in [0.1, 0.15) is 5.54 Å². The van der Waals surface area contributed by atoms with E-state index in [1.54, 1.807) is 53.9 Å². The Hall–Kier alpha value is -1.35. The van der Waals surface area contributed by atoms with Crippen molar-refractivity contribution in [3.05, 3.63) is 61.3 Å². The Kier molecular flexibility index (Phi) is 6.00. The fourth-order valence-electron chi connectivity index (χ4n) is 2.36. The summed E-state index contributed by atoms with van der Waals surface area (Å²) in [5, 5.41) is 12.6. The van der Waals surface area contributed by atoms with Crippen molar-refractivity contribution >= 4 is 66.8 Å². The Morgan fingerprint density at radius 1 is 1.26 bits per heavy atom. The molecule has 3 aromatic rings. The van der Waals surface area contributed by atoms with Gasteiger partial charge >= 0.3 is 0 Å². The number of halogens is 4. The van der Waals surface area contributed by atoms with Crippen molar-refractivity contribution in [3.63, 3.8) is 0 Å². The van der Waals surface area contributed by atoms with E-state index in [2.05, 4.69) is 47.4 Å². The highest BCUT2D eigenvalue weighted by atomic mass is 79.9. The van der Waals surface area contributed by atoms with Crippen LogP contribution >= 0.6 is 55.1 Å². The number of hydrogen-bond donors (Lipinski definition) is 1. The van der Waals surface area contributed by atoms with Crippen molar-refractivity contribution in [1.82, 2.24) is 19.6 Å². The Balaban J connectivity index is 1.77. The minimum atomic E-state index is -0.894. The van der Waals surface area contributed by atoms with E-state index in [0.717, 1.165) is 10.0 Å². The predicted molar refractivity (Wildman–Crippen MR) is 113 cm³/mol. The molecule has 3 rings (SSSR count). The Morgan fingerprint density at radius 2 is 2.00 bits per heavy atom. The molecule has 0 atom stereocenters. The number of nitrogens with one attached hydrogen (secondary N) is 1. The van der Waals surface area contributed by atoms with Crippen LogP contribution in [0.1, 0.15) is 19.4 Å². The SMILES string of the molecule is CC(C)(C(=O)Nc1nn(Cc2ccc(Cl)cc2Cl)cc1Br)n1cc(Br)cn1. The van der Waals surface area contributed by atoms with E-state index in [4.69, 9.17) is 23.2 Å². The van der Waals surface area contributed by atoms with Crippen LogP contribution in [0, 0.1) is 0 Å². The van der Waals surface area contributed by atoms with Crippen LogP contribution in [-0.4, -0.2) is 25.5 Å². The molecule has 0 saturated heterocycles. The molecule has 1 aromatic carbocycles. The summed E-state index contributed by atoms with van der Waals surface area (Å²) < 4.78 is 4.74. The number of carbonyl (C=O) groups excluding carboxylic acids is 1. The van der Waals surface area contributed by atoms with Gasteiger partial charge in [-0.3, -0.25) is 14.2 Å². The number of nitrogens with zero attached hydrogens (tertiary/aromatic N) is 4. The van der Waals surface area contributed by atoms with Gasteiger partial charge in [0.25, 0.3) is 5.91 Å². The van der Waals surface area contributed by atoms with Gasteiger partial charge in [0.05, 0.1) is 21.7 Å². The van der Waals surface area contributed by atoms with Gasteiger partial charge in [0.2, 0.25) is 0 Å². The van der Waals surface area contributed by atoms with Crippen LogP contribution in [0.4, 0.5) is 5.82 Å². The van der Waals surface area contributed by atoms with E-state index >= 15 is 0 Å². The highest BCUT2D eigenvalue weighted by molar-refractivity contribution is 9.10. The molecule has 1 N–H and O–H groups in total. The van der Waals surface area contributed by atoms with Gasteiger partial charge in [-0.15, -0.1) is 0 Å². The van der Waals surface area contributed by atoms with Crippen LogP contribution in [0.15, 0.2) is 45.7 Å². The Bertz CT molecular complexity index is 999. The molecule has 1 amide bonds. The first-order chi connectivity index (χ1) is 12.7. The third-order valence-electron chi connectivity index (χ3n) is 3.98. The number of amides is 1. The van der Waals surface area contributed by atoms with Crippen LogP contribution in [0.3, 0.4) is 0 Å². The van der Waals surface area contributed by atoms with Crippen molar-refractivity contribution < 1.29 is 4.79 Å². The molecule has 142 valence electrons. The standard InChI is InChI=1S/C17H15Br2Cl2N5O/c1-17(2,26-8-11(18)6-22-26)16(27)23-15-13(19)9-25(24-15)7-10-3-4-12(20)5-14(10)21/h3-6,8-9H,7H2,1-2H3,(H,23,24,27). The summed E-state index contributed by atoms with van der Waals surface area (Å²) >= 11 is 18.9. The number of aromatic nitrogens is 4. The van der Waals surface area contributed by atoms with Gasteiger partial charge in [0.15, 0.2) is 5.82 Å². The van der Waals surface area contributed by atoms with Crippen LogP contribution in [0.25, 0.3) is 0 Å². The molecule has 0 unspecified atom stereocenters. The first kappa shape index (κ1) is 20.4. The number of rotatable bonds is 5. The molecule has 0 aliphatic heterocycles. The zero-order valence-corrected chi connectivity index (χ0v) is 19.1. The molecule has 0 spiro atoms. The summed E-state index contributed by atoms with van der Waals surface area (Å²) in [4.78, 5) is 12.8. The molecule has 0 fully saturated rings. The fourth-order valence-corrected chi connectivity index (χ4v) is 3.53. The molecular weight excluding hydrogens is 521 g/mol. The van der Waals surface area contributed by atoms with Crippen molar-refractivity contribution in [2.45, 2.75) is 25.9 Å². The number of anilines is 1. The van der Waals surface area contributed by atoms with Gasteiger partial charge in [-0.05, 0) is 63.4 Å². The van der Waals surface area contributed by atoms with Crippen molar-refractivity contribution in [2.24, 2.45) is 0 Å². The highest BCUT2D eigenvalue weighted by Crippen LogP contribution is 2.26. The highest BCUT2D eigenvalue weighted by Gasteiger charge is 2.31. The molecule has 0 saturated carbocycles. The summed E-state index contributed by atoms with van der Waals surface area (Å²) in [6.45, 7) is 4.00. The number of carbonyl (C=O) groups is 1. The summed E-state index contributed by atoms with van der Waals surface area (Å²) in [5.41, 5.74) is -0.0231. The molecule has 2 heterocycles. The Morgan fingerprint density at radius 3 is 2.63 bits per heavy atom. The molecule has 0 aliphatic rings. The van der Waals surface area contributed by atoms with E-state index < -0.39 is 5.54 Å². The van der Waals surface area contributed by atoms with Crippen molar-refractivity contribution in [1.29, 1.82) is 0 Å². The van der Waals surface area contributed by atoms with Gasteiger partial charge in [-0.25, -0.2) is 0 Å². The molecule has 0 radical (unpaired) electrons. The average molecular weight is 536 g/mol. The molecular formula is C17H15Br2Cl2N5O. The van der Waals surface area contributed by atoms with Crippen LogP contribution in [0.5, 0.6) is 0 Å². The lowest BCUT2D eigenvalue weighted by Crippen LogP contribution is -2.40. The summed E-state index contributed by atoms with van der Waals surface area (Å²) in [6, 6.07) is 5.30. The maximum Gasteiger partial charge on any atom is 0.253 e. The molecule has 0 aliphatic carbocycles. The van der Waals surface area contributed by atoms with E-state index in [9.17, 15) is 4.79 Å². The maximum absolute atomic E-state index is 12.8. The van der Waals surface area contributed by atoms with Gasteiger partial charge in [-0.1, -0.05) is 29.3 Å². The van der Waals surface area contributed by atoms with Gasteiger partial charge < -0.3 is 5.32 Å². The molecule has 2 aromatic heterocycles. The number of benzene rings is 1. The first-order valence-corrected chi connectivity index (χ1v) is 10.2. The van der Waals surface area contributed by atoms with Crippen LogP contribution in [0.2, 0.25) is 10.0 Å². The van der Waals surface area contributed by atoms with Gasteiger partial charge in [-0.2, -0.15) is 10.2 Å². The number of hydrogen-bond acceptors (Lipinski definition) is 3. The molecule has 10 heteroatoms. The fraction of sp³-hybridized carbons (Fsp3) is 0.235. The van der Waals surface area contributed by atoms with E-state index in [-0.39, 0.29) is 5.91 Å². The largest absolute Gasteiger partial charge is 0.306 e. The second-order valence-electron chi connectivity index (χ2n) is 6.38. The smallest absolute Gasteiger partial charge is 0.253 e. The molecule has 6 nitrogen and oxygen atoms in total. The van der Waals surface area contributed by atoms with Crippen molar-refractivity contribution in [3.8, 4) is 0 Å². The quantitative estimate of drug-likeness (QED) is 0.480. The lowest BCUT2D eigenvalue weighted by molar-refractivity contribution is -0.123. The second-order valence-corrected chi connectivity index (χ2v) is 8.99. The summed E-state index contributed by atoms with van der Waals surface area (Å²) in [5.74, 6) is 0.179. The van der Waals surface area contributed by atoms with Crippen LogP contribution < -0.4 is 5.32 Å². The van der Waals surface area contributed by atoms with Crippen molar-refractivity contribution in [2.75, 3.05) is 5.32 Å². The average Bonchev–Trinajstić information content (AvgIpc) is 3.17. The first-order valence-electron chi connectivity index (χ1n) is 7.86. The zero-order valence-electron chi connectivity index (χ0n) is 14.4. The molecule has 27 heavy (non-hydrogen) atoms. The van der Waals surface area contributed by atoms with E-state index in [0.29, 0.717) is 26.9 Å². The lowest BCUT2D eigenvalue weighted by Gasteiger charge is -2.23. The zero-order chi connectivity index (χ0) is 19.8.